The van der Waals surface area contributed by atoms with E-state index in [-0.39, 0.29) is 0 Å². The second-order valence-corrected chi connectivity index (χ2v) is 3.00. The van der Waals surface area contributed by atoms with E-state index >= 15 is 0 Å². The molecule has 0 aromatic carbocycles. The standard InChI is InChI=1S/C8H16N/c1-6-7-9(4,5)8(2)3/h8H,1-5H3/q+1. The fourth-order valence-electron chi connectivity index (χ4n) is 0.417. The van der Waals surface area contributed by atoms with Crippen LogP contribution in [0.15, 0.2) is 0 Å². The first-order chi connectivity index (χ1) is 4.00. The zero-order chi connectivity index (χ0) is 7.49. The van der Waals surface area contributed by atoms with Gasteiger partial charge in [-0.3, -0.25) is 0 Å². The average molecular weight is 126 g/mol. The van der Waals surface area contributed by atoms with E-state index in [0.29, 0.717) is 6.04 Å². The molecule has 0 aromatic rings. The molecule has 1 nitrogen and oxygen atoms in total. The molecule has 0 bridgehead atoms. The minimum absolute atomic E-state index is 0.581. The van der Waals surface area contributed by atoms with E-state index in [1.165, 1.54) is 0 Å². The lowest BCUT2D eigenvalue weighted by Gasteiger charge is -2.25. The van der Waals surface area contributed by atoms with Crippen molar-refractivity contribution in [1.29, 1.82) is 0 Å². The van der Waals surface area contributed by atoms with Gasteiger partial charge in [0.05, 0.1) is 20.1 Å². The van der Waals surface area contributed by atoms with E-state index in [2.05, 4.69) is 39.9 Å². The number of quaternary nitrogens is 1. The van der Waals surface area contributed by atoms with E-state index in [0.717, 1.165) is 4.48 Å². The molecule has 0 unspecified atom stereocenters. The van der Waals surface area contributed by atoms with Gasteiger partial charge in [0, 0.05) is 6.92 Å². The van der Waals surface area contributed by atoms with Crippen LogP contribution >= 0.6 is 0 Å². The Morgan fingerprint density at radius 1 is 1.22 bits per heavy atom. The molecule has 0 fully saturated rings. The SMILES string of the molecule is CC#C[N+](C)(C)C(C)C. The molecular weight excluding hydrogens is 110 g/mol. The molecule has 0 atom stereocenters. The van der Waals surface area contributed by atoms with Gasteiger partial charge in [0.1, 0.15) is 6.04 Å². The number of nitrogens with zero attached hydrogens (tertiary/aromatic N) is 1. The van der Waals surface area contributed by atoms with E-state index in [1.807, 2.05) is 6.92 Å². The molecule has 0 heterocycles. The predicted octanol–water partition coefficient (Wildman–Crippen LogP) is 1.45. The summed E-state index contributed by atoms with van der Waals surface area (Å²) in [6.07, 6.45) is 0. The second-order valence-electron chi connectivity index (χ2n) is 3.00. The van der Waals surface area contributed by atoms with Crippen molar-refractivity contribution in [2.24, 2.45) is 0 Å². The maximum atomic E-state index is 3.11. The first kappa shape index (κ1) is 8.52. The van der Waals surface area contributed by atoms with Crippen LogP contribution in [0.4, 0.5) is 0 Å². The average Bonchev–Trinajstić information content (AvgIpc) is 1.65. The fourth-order valence-corrected chi connectivity index (χ4v) is 0.417. The first-order valence-electron chi connectivity index (χ1n) is 3.28. The van der Waals surface area contributed by atoms with E-state index < -0.39 is 0 Å². The highest BCUT2D eigenvalue weighted by Crippen LogP contribution is 2.01. The van der Waals surface area contributed by atoms with Gasteiger partial charge in [-0.25, -0.2) is 4.48 Å². The summed E-state index contributed by atoms with van der Waals surface area (Å²) in [4.78, 5) is 0. The van der Waals surface area contributed by atoms with Gasteiger partial charge < -0.3 is 0 Å². The summed E-state index contributed by atoms with van der Waals surface area (Å²) in [5.41, 5.74) is 0. The Kier molecular flexibility index (Phi) is 2.73. The molecular formula is C8H16N+. The lowest BCUT2D eigenvalue weighted by atomic mass is 10.3. The van der Waals surface area contributed by atoms with Gasteiger partial charge in [-0.1, -0.05) is 0 Å². The van der Waals surface area contributed by atoms with Crippen molar-refractivity contribution in [3.05, 3.63) is 0 Å². The van der Waals surface area contributed by atoms with E-state index in [1.54, 1.807) is 0 Å². The van der Waals surface area contributed by atoms with Gasteiger partial charge in [-0.2, -0.15) is 0 Å². The number of hydrogen-bond acceptors (Lipinski definition) is 0. The van der Waals surface area contributed by atoms with Gasteiger partial charge in [-0.05, 0) is 19.8 Å². The molecule has 0 radical (unpaired) electrons. The third-order valence-corrected chi connectivity index (χ3v) is 1.69. The van der Waals surface area contributed by atoms with Gasteiger partial charge in [0.2, 0.25) is 0 Å². The maximum Gasteiger partial charge on any atom is 0.136 e. The van der Waals surface area contributed by atoms with E-state index in [4.69, 9.17) is 0 Å². The summed E-state index contributed by atoms with van der Waals surface area (Å²) in [7, 11) is 4.22. The highest BCUT2D eigenvalue weighted by molar-refractivity contribution is 4.86. The smallest absolute Gasteiger partial charge is 0.136 e. The minimum Gasteiger partial charge on any atom is -0.249 e. The fraction of sp³-hybridized carbons (Fsp3) is 0.750. The summed E-state index contributed by atoms with van der Waals surface area (Å²) >= 11 is 0. The second kappa shape index (κ2) is 2.89. The minimum atomic E-state index is 0.581. The third-order valence-electron chi connectivity index (χ3n) is 1.69. The van der Waals surface area contributed by atoms with Crippen molar-refractivity contribution < 1.29 is 4.48 Å². The molecule has 0 aliphatic rings. The Bertz CT molecular complexity index is 134. The van der Waals surface area contributed by atoms with Gasteiger partial charge in [0.15, 0.2) is 0 Å². The molecule has 9 heavy (non-hydrogen) atoms. The molecule has 0 aromatic heterocycles. The largest absolute Gasteiger partial charge is 0.249 e. The van der Waals surface area contributed by atoms with Crippen LogP contribution in [0.5, 0.6) is 0 Å². The molecule has 0 rings (SSSR count). The molecule has 0 aliphatic carbocycles. The molecule has 0 saturated heterocycles. The lowest BCUT2D eigenvalue weighted by Crippen LogP contribution is -2.40. The van der Waals surface area contributed by atoms with Crippen LogP contribution in [-0.2, 0) is 0 Å². The molecule has 0 amide bonds. The van der Waals surface area contributed by atoms with Crippen molar-refractivity contribution >= 4 is 0 Å². The van der Waals surface area contributed by atoms with Crippen molar-refractivity contribution in [3.8, 4) is 12.0 Å². The summed E-state index contributed by atoms with van der Waals surface area (Å²) in [6.45, 7) is 6.22. The van der Waals surface area contributed by atoms with Gasteiger partial charge >= 0.3 is 0 Å². The van der Waals surface area contributed by atoms with Gasteiger partial charge in [-0.15, -0.1) is 0 Å². The lowest BCUT2D eigenvalue weighted by molar-refractivity contribution is -0.845. The molecule has 0 saturated carbocycles. The van der Waals surface area contributed by atoms with E-state index in [9.17, 15) is 0 Å². The van der Waals surface area contributed by atoms with Crippen molar-refractivity contribution in [1.82, 2.24) is 0 Å². The normalized spacial score (nSPS) is 10.9. The highest BCUT2D eigenvalue weighted by Gasteiger charge is 2.15. The van der Waals surface area contributed by atoms with Crippen LogP contribution in [0.1, 0.15) is 20.8 Å². The topological polar surface area (TPSA) is 0 Å². The maximum absolute atomic E-state index is 3.11. The van der Waals surface area contributed by atoms with Crippen LogP contribution < -0.4 is 0 Å². The third kappa shape index (κ3) is 2.53. The number of rotatable bonds is 1. The monoisotopic (exact) mass is 126 g/mol. The summed E-state index contributed by atoms with van der Waals surface area (Å²) in [6, 6.07) is 3.69. The molecule has 1 heteroatoms. The van der Waals surface area contributed by atoms with Crippen molar-refractivity contribution in [2.75, 3.05) is 14.1 Å². The summed E-state index contributed by atoms with van der Waals surface area (Å²) < 4.78 is 0.788. The molecule has 0 N–H and O–H groups in total. The zero-order valence-electron chi connectivity index (χ0n) is 7.02. The zero-order valence-corrected chi connectivity index (χ0v) is 7.02. The first-order valence-corrected chi connectivity index (χ1v) is 3.28. The van der Waals surface area contributed by atoms with Crippen LogP contribution in [-0.4, -0.2) is 24.6 Å². The molecule has 0 spiro atoms. The summed E-state index contributed by atoms with van der Waals surface area (Å²) in [5, 5.41) is 0. The summed E-state index contributed by atoms with van der Waals surface area (Å²) in [5.74, 6) is 2.91. The number of hydrogen-bond donors (Lipinski definition) is 0. The van der Waals surface area contributed by atoms with Crippen LogP contribution in [0.25, 0.3) is 0 Å². The molecule has 0 aliphatic heterocycles. The Morgan fingerprint density at radius 3 is 1.78 bits per heavy atom. The highest BCUT2D eigenvalue weighted by atomic mass is 15.3. The predicted molar refractivity (Wildman–Crippen MR) is 40.7 cm³/mol. The molecule has 52 valence electrons. The van der Waals surface area contributed by atoms with Crippen LogP contribution in [0.2, 0.25) is 0 Å². The van der Waals surface area contributed by atoms with Crippen molar-refractivity contribution in [2.45, 2.75) is 26.8 Å². The Hall–Kier alpha value is -0.480. The Labute approximate surface area is 58.3 Å². The van der Waals surface area contributed by atoms with Crippen LogP contribution in [0, 0.1) is 12.0 Å². The van der Waals surface area contributed by atoms with Gasteiger partial charge in [0.25, 0.3) is 0 Å². The Balaban J connectivity index is 4.13. The Morgan fingerprint density at radius 2 is 1.67 bits per heavy atom. The van der Waals surface area contributed by atoms with Crippen molar-refractivity contribution in [3.63, 3.8) is 0 Å². The van der Waals surface area contributed by atoms with Crippen LogP contribution in [0.3, 0.4) is 0 Å². The quantitative estimate of drug-likeness (QED) is 0.368.